The van der Waals surface area contributed by atoms with Crippen molar-refractivity contribution in [2.75, 3.05) is 26.2 Å². The van der Waals surface area contributed by atoms with Gasteiger partial charge >= 0.3 is 6.03 Å². The van der Waals surface area contributed by atoms with E-state index in [0.717, 1.165) is 12.8 Å². The summed E-state index contributed by atoms with van der Waals surface area (Å²) in [6.45, 7) is 1.93. The van der Waals surface area contributed by atoms with Crippen molar-refractivity contribution in [3.05, 3.63) is 18.3 Å². The minimum atomic E-state index is -0.417. The Morgan fingerprint density at radius 3 is 2.76 bits per heavy atom. The first-order chi connectivity index (χ1) is 12.1. The van der Waals surface area contributed by atoms with Crippen molar-refractivity contribution >= 4 is 17.8 Å². The van der Waals surface area contributed by atoms with Crippen LogP contribution in [0.15, 0.2) is 18.3 Å². The number of amides is 4. The molecule has 3 heterocycles. The van der Waals surface area contributed by atoms with Crippen molar-refractivity contribution in [1.82, 2.24) is 25.3 Å². The van der Waals surface area contributed by atoms with Gasteiger partial charge in [0.05, 0.1) is 0 Å². The van der Waals surface area contributed by atoms with Crippen LogP contribution in [0.5, 0.6) is 5.88 Å². The molecule has 25 heavy (non-hydrogen) atoms. The van der Waals surface area contributed by atoms with E-state index in [1.807, 2.05) is 0 Å². The summed E-state index contributed by atoms with van der Waals surface area (Å²) in [4.78, 5) is 38.4. The van der Waals surface area contributed by atoms with Gasteiger partial charge in [0.1, 0.15) is 6.10 Å². The van der Waals surface area contributed by atoms with E-state index in [9.17, 15) is 14.4 Å². The molecule has 1 aromatic rings. The molecule has 0 aliphatic carbocycles. The van der Waals surface area contributed by atoms with Gasteiger partial charge in [-0.1, -0.05) is 0 Å². The zero-order chi connectivity index (χ0) is 17.6. The van der Waals surface area contributed by atoms with E-state index in [1.165, 1.54) is 4.90 Å². The van der Waals surface area contributed by atoms with E-state index in [1.54, 1.807) is 23.2 Å². The van der Waals surface area contributed by atoms with Crippen molar-refractivity contribution in [2.45, 2.75) is 31.8 Å². The standard InChI is InChI=1S/C16H21N5O4/c22-13-5-10-21(16(24)18-13)11-6-15(23)20-8-3-12(4-9-20)25-14-2-1-7-17-19-14/h1-2,7,12H,3-6,8-11H2,(H,18,22,24). The molecule has 9 nitrogen and oxygen atoms in total. The number of aromatic nitrogens is 2. The Morgan fingerprint density at radius 2 is 2.08 bits per heavy atom. The maximum atomic E-state index is 12.3. The molecule has 134 valence electrons. The monoisotopic (exact) mass is 347 g/mol. The van der Waals surface area contributed by atoms with Crippen molar-refractivity contribution in [3.8, 4) is 5.88 Å². The summed E-state index contributed by atoms with van der Waals surface area (Å²) < 4.78 is 5.76. The van der Waals surface area contributed by atoms with E-state index in [4.69, 9.17) is 4.74 Å². The molecule has 0 radical (unpaired) electrons. The molecule has 1 N–H and O–H groups in total. The number of likely N-dealkylation sites (tertiary alicyclic amines) is 1. The van der Waals surface area contributed by atoms with Gasteiger partial charge in [-0.05, 0) is 6.07 Å². The number of carbonyl (C=O) groups is 3. The molecule has 0 aromatic carbocycles. The second-order valence-electron chi connectivity index (χ2n) is 6.10. The Bertz CT molecular complexity index is 631. The highest BCUT2D eigenvalue weighted by Gasteiger charge is 2.26. The molecule has 0 saturated carbocycles. The van der Waals surface area contributed by atoms with E-state index in [-0.39, 0.29) is 30.8 Å². The van der Waals surface area contributed by atoms with Crippen molar-refractivity contribution in [1.29, 1.82) is 0 Å². The van der Waals surface area contributed by atoms with E-state index in [2.05, 4.69) is 15.5 Å². The first-order valence-electron chi connectivity index (χ1n) is 8.43. The van der Waals surface area contributed by atoms with Crippen molar-refractivity contribution in [3.63, 3.8) is 0 Å². The summed E-state index contributed by atoms with van der Waals surface area (Å²) in [7, 11) is 0. The highest BCUT2D eigenvalue weighted by Crippen LogP contribution is 2.17. The number of hydrogen-bond donors (Lipinski definition) is 1. The molecule has 1 aromatic heterocycles. The number of hydrogen-bond acceptors (Lipinski definition) is 6. The number of piperidine rings is 1. The Morgan fingerprint density at radius 1 is 1.28 bits per heavy atom. The van der Waals surface area contributed by atoms with Crippen LogP contribution in [0.3, 0.4) is 0 Å². The van der Waals surface area contributed by atoms with Crippen LogP contribution < -0.4 is 10.1 Å². The average Bonchev–Trinajstić information content (AvgIpc) is 2.62. The van der Waals surface area contributed by atoms with E-state index in [0.29, 0.717) is 32.1 Å². The van der Waals surface area contributed by atoms with Gasteiger partial charge in [-0.25, -0.2) is 4.79 Å². The molecule has 0 unspecified atom stereocenters. The fourth-order valence-corrected chi connectivity index (χ4v) is 2.95. The molecule has 3 rings (SSSR count). The zero-order valence-corrected chi connectivity index (χ0v) is 13.9. The smallest absolute Gasteiger partial charge is 0.324 e. The maximum Gasteiger partial charge on any atom is 0.324 e. The highest BCUT2D eigenvalue weighted by molar-refractivity contribution is 5.96. The summed E-state index contributed by atoms with van der Waals surface area (Å²) in [5.41, 5.74) is 0. The van der Waals surface area contributed by atoms with Crippen LogP contribution in [0.4, 0.5) is 4.79 Å². The van der Waals surface area contributed by atoms with E-state index < -0.39 is 6.03 Å². The molecule has 2 fully saturated rings. The normalized spacial score (nSPS) is 18.9. The summed E-state index contributed by atoms with van der Waals surface area (Å²) >= 11 is 0. The van der Waals surface area contributed by atoms with Crippen LogP contribution in [0.25, 0.3) is 0 Å². The minimum absolute atomic E-state index is 0.0163. The fraction of sp³-hybridized carbons (Fsp3) is 0.562. The van der Waals surface area contributed by atoms with E-state index >= 15 is 0 Å². The lowest BCUT2D eigenvalue weighted by Gasteiger charge is -2.33. The van der Waals surface area contributed by atoms with Crippen LogP contribution >= 0.6 is 0 Å². The highest BCUT2D eigenvalue weighted by atomic mass is 16.5. The Hall–Kier alpha value is -2.71. The SMILES string of the molecule is O=C1CCN(CCC(=O)N2CCC(Oc3cccnn3)CC2)C(=O)N1. The second kappa shape index (κ2) is 7.91. The van der Waals surface area contributed by atoms with Gasteiger partial charge in [0.2, 0.25) is 17.7 Å². The predicted octanol–water partition coefficient (Wildman–Crippen LogP) is 0.178. The van der Waals surface area contributed by atoms with Gasteiger partial charge in [0.15, 0.2) is 0 Å². The van der Waals surface area contributed by atoms with Gasteiger partial charge in [-0.15, -0.1) is 5.10 Å². The molecular weight excluding hydrogens is 326 g/mol. The Balaban J connectivity index is 1.39. The first kappa shape index (κ1) is 17.1. The van der Waals surface area contributed by atoms with Crippen LogP contribution in [0, 0.1) is 0 Å². The van der Waals surface area contributed by atoms with Crippen molar-refractivity contribution in [2.24, 2.45) is 0 Å². The molecule has 2 saturated heterocycles. The number of urea groups is 1. The predicted molar refractivity (Wildman–Crippen MR) is 86.6 cm³/mol. The fourth-order valence-electron chi connectivity index (χ4n) is 2.95. The minimum Gasteiger partial charge on any atom is -0.473 e. The zero-order valence-electron chi connectivity index (χ0n) is 13.9. The molecule has 2 aliphatic rings. The third-order valence-corrected chi connectivity index (χ3v) is 4.37. The van der Waals surface area contributed by atoms with Gasteiger partial charge in [-0.3, -0.25) is 14.9 Å². The first-order valence-corrected chi connectivity index (χ1v) is 8.43. The summed E-state index contributed by atoms with van der Waals surface area (Å²) in [5, 5.41) is 9.93. The topological polar surface area (TPSA) is 105 Å². The molecule has 4 amide bonds. The van der Waals surface area contributed by atoms with Gasteiger partial charge in [-0.2, -0.15) is 5.10 Å². The number of ether oxygens (including phenoxy) is 1. The quantitative estimate of drug-likeness (QED) is 0.815. The molecule has 2 aliphatic heterocycles. The second-order valence-corrected chi connectivity index (χ2v) is 6.10. The number of nitrogens with zero attached hydrogens (tertiary/aromatic N) is 4. The lowest BCUT2D eigenvalue weighted by atomic mass is 10.1. The average molecular weight is 347 g/mol. The van der Waals surface area contributed by atoms with Crippen LogP contribution in [-0.4, -0.2) is 70.1 Å². The maximum absolute atomic E-state index is 12.3. The molecule has 9 heteroatoms. The van der Waals surface area contributed by atoms with Crippen LogP contribution in [-0.2, 0) is 9.59 Å². The van der Waals surface area contributed by atoms with Crippen LogP contribution in [0.2, 0.25) is 0 Å². The molecular formula is C16H21N5O4. The number of nitrogens with one attached hydrogen (secondary N) is 1. The molecule has 0 bridgehead atoms. The Labute approximate surface area is 145 Å². The molecule has 0 atom stereocenters. The third kappa shape index (κ3) is 4.65. The summed E-state index contributed by atoms with van der Waals surface area (Å²) in [6.07, 6.45) is 3.64. The lowest BCUT2D eigenvalue weighted by molar-refractivity contribution is -0.133. The lowest BCUT2D eigenvalue weighted by Crippen LogP contribution is -2.50. The molecule has 0 spiro atoms. The van der Waals surface area contributed by atoms with Crippen LogP contribution in [0.1, 0.15) is 25.7 Å². The number of imide groups is 1. The number of carbonyl (C=O) groups excluding carboxylic acids is 3. The third-order valence-electron chi connectivity index (χ3n) is 4.37. The summed E-state index contributed by atoms with van der Waals surface area (Å²) in [5.74, 6) is 0.248. The largest absolute Gasteiger partial charge is 0.473 e. The summed E-state index contributed by atoms with van der Waals surface area (Å²) in [6, 6.07) is 3.12. The van der Waals surface area contributed by atoms with Gasteiger partial charge in [0, 0.05) is 64.1 Å². The Kier molecular flexibility index (Phi) is 5.42. The van der Waals surface area contributed by atoms with Crippen molar-refractivity contribution < 1.29 is 19.1 Å². The number of rotatable bonds is 5. The van der Waals surface area contributed by atoms with Gasteiger partial charge in [0.25, 0.3) is 0 Å². The van der Waals surface area contributed by atoms with Gasteiger partial charge < -0.3 is 14.5 Å².